The first kappa shape index (κ1) is 14.9. The van der Waals surface area contributed by atoms with Crippen molar-refractivity contribution in [3.8, 4) is 0 Å². The van der Waals surface area contributed by atoms with E-state index < -0.39 is 6.29 Å². The number of carbonyl (C=O) groups is 1. The van der Waals surface area contributed by atoms with Crippen LogP contribution in [0.1, 0.15) is 51.9 Å². The standard InChI is InChI=1S/C19H20O3/c20-17(21)11-4-2-6-13-8-5-9-15-12-14-7-1-3-10-16(14)19(22)18(13)15/h1,3,5,7-10,17,20-21H,2,4,6,11-12H2. The number of aryl methyl sites for hydroxylation is 1. The first-order valence-electron chi connectivity index (χ1n) is 7.76. The van der Waals surface area contributed by atoms with E-state index in [0.29, 0.717) is 6.42 Å². The van der Waals surface area contributed by atoms with Crippen molar-refractivity contribution in [1.29, 1.82) is 0 Å². The molecule has 3 heteroatoms. The van der Waals surface area contributed by atoms with Crippen LogP contribution < -0.4 is 0 Å². The van der Waals surface area contributed by atoms with Crippen LogP contribution in [0.3, 0.4) is 0 Å². The molecule has 22 heavy (non-hydrogen) atoms. The third-order valence-corrected chi connectivity index (χ3v) is 4.27. The maximum absolute atomic E-state index is 12.8. The average Bonchev–Trinajstić information content (AvgIpc) is 2.51. The van der Waals surface area contributed by atoms with Crippen molar-refractivity contribution in [2.75, 3.05) is 0 Å². The van der Waals surface area contributed by atoms with E-state index in [-0.39, 0.29) is 5.78 Å². The van der Waals surface area contributed by atoms with E-state index in [2.05, 4.69) is 0 Å². The van der Waals surface area contributed by atoms with Gasteiger partial charge in [0.15, 0.2) is 12.1 Å². The van der Waals surface area contributed by atoms with Gasteiger partial charge in [-0.15, -0.1) is 0 Å². The quantitative estimate of drug-likeness (QED) is 0.562. The van der Waals surface area contributed by atoms with Crippen LogP contribution in [0.25, 0.3) is 0 Å². The Morgan fingerprint density at radius 2 is 1.73 bits per heavy atom. The zero-order valence-electron chi connectivity index (χ0n) is 12.5. The molecule has 0 bridgehead atoms. The highest BCUT2D eigenvalue weighted by Gasteiger charge is 2.24. The fraction of sp³-hybridized carbons (Fsp3) is 0.316. The third kappa shape index (κ3) is 2.96. The van der Waals surface area contributed by atoms with E-state index in [4.69, 9.17) is 10.2 Å². The predicted octanol–water partition coefficient (Wildman–Crippen LogP) is 2.85. The molecule has 0 radical (unpaired) electrons. The van der Waals surface area contributed by atoms with Gasteiger partial charge in [-0.2, -0.15) is 0 Å². The fourth-order valence-corrected chi connectivity index (χ4v) is 3.18. The molecule has 2 aromatic rings. The van der Waals surface area contributed by atoms with Crippen molar-refractivity contribution in [1.82, 2.24) is 0 Å². The second-order valence-corrected chi connectivity index (χ2v) is 5.84. The second-order valence-electron chi connectivity index (χ2n) is 5.84. The van der Waals surface area contributed by atoms with Crippen molar-refractivity contribution < 1.29 is 15.0 Å². The van der Waals surface area contributed by atoms with Crippen molar-refractivity contribution in [2.24, 2.45) is 0 Å². The van der Waals surface area contributed by atoms with Gasteiger partial charge in [0.05, 0.1) is 0 Å². The van der Waals surface area contributed by atoms with Gasteiger partial charge in [0.2, 0.25) is 0 Å². The Kier molecular flexibility index (Phi) is 4.36. The lowest BCUT2D eigenvalue weighted by atomic mass is 9.82. The Balaban J connectivity index is 1.83. The maximum Gasteiger partial charge on any atom is 0.193 e. The van der Waals surface area contributed by atoms with E-state index in [1.165, 1.54) is 0 Å². The highest BCUT2D eigenvalue weighted by atomic mass is 16.5. The fourth-order valence-electron chi connectivity index (χ4n) is 3.18. The van der Waals surface area contributed by atoms with Crippen LogP contribution >= 0.6 is 0 Å². The number of carbonyl (C=O) groups excluding carboxylic acids is 1. The highest BCUT2D eigenvalue weighted by Crippen LogP contribution is 2.30. The van der Waals surface area contributed by atoms with Gasteiger partial charge in [0, 0.05) is 11.1 Å². The zero-order chi connectivity index (χ0) is 15.5. The molecule has 2 aromatic carbocycles. The Hall–Kier alpha value is -1.97. The van der Waals surface area contributed by atoms with Gasteiger partial charge in [-0.3, -0.25) is 4.79 Å². The van der Waals surface area contributed by atoms with Crippen LogP contribution in [-0.2, 0) is 12.8 Å². The molecule has 0 aliphatic heterocycles. The van der Waals surface area contributed by atoms with Gasteiger partial charge in [0.1, 0.15) is 0 Å². The first-order chi connectivity index (χ1) is 10.7. The minimum Gasteiger partial charge on any atom is -0.368 e. The Morgan fingerprint density at radius 3 is 2.55 bits per heavy atom. The summed E-state index contributed by atoms with van der Waals surface area (Å²) < 4.78 is 0. The largest absolute Gasteiger partial charge is 0.368 e. The number of unbranched alkanes of at least 4 members (excludes halogenated alkanes) is 1. The van der Waals surface area contributed by atoms with E-state index >= 15 is 0 Å². The van der Waals surface area contributed by atoms with Crippen LogP contribution in [0.2, 0.25) is 0 Å². The van der Waals surface area contributed by atoms with E-state index in [1.54, 1.807) is 0 Å². The lowest BCUT2D eigenvalue weighted by Crippen LogP contribution is -2.17. The van der Waals surface area contributed by atoms with Gasteiger partial charge in [-0.25, -0.2) is 0 Å². The number of hydrogen-bond acceptors (Lipinski definition) is 3. The zero-order valence-corrected chi connectivity index (χ0v) is 12.5. The summed E-state index contributed by atoms with van der Waals surface area (Å²) >= 11 is 0. The molecule has 1 aliphatic rings. The van der Waals surface area contributed by atoms with E-state index in [1.807, 2.05) is 42.5 Å². The van der Waals surface area contributed by atoms with Crippen molar-refractivity contribution >= 4 is 5.78 Å². The van der Waals surface area contributed by atoms with Crippen LogP contribution in [0.5, 0.6) is 0 Å². The molecule has 3 rings (SSSR count). The number of aliphatic hydroxyl groups excluding tert-OH is 1. The van der Waals surface area contributed by atoms with Gasteiger partial charge >= 0.3 is 0 Å². The Bertz CT molecular complexity index is 689. The van der Waals surface area contributed by atoms with Gasteiger partial charge in [0.25, 0.3) is 0 Å². The molecular formula is C19H20O3. The van der Waals surface area contributed by atoms with Gasteiger partial charge in [-0.05, 0) is 48.8 Å². The Morgan fingerprint density at radius 1 is 0.955 bits per heavy atom. The molecule has 0 spiro atoms. The van der Waals surface area contributed by atoms with Crippen LogP contribution in [0.15, 0.2) is 42.5 Å². The first-order valence-corrected chi connectivity index (χ1v) is 7.76. The summed E-state index contributed by atoms with van der Waals surface area (Å²) in [5.41, 5.74) is 4.94. The molecule has 0 unspecified atom stereocenters. The number of aliphatic hydroxyl groups is 2. The second kappa shape index (κ2) is 6.42. The molecule has 0 heterocycles. The lowest BCUT2D eigenvalue weighted by molar-refractivity contribution is -0.0465. The monoisotopic (exact) mass is 296 g/mol. The van der Waals surface area contributed by atoms with Crippen LogP contribution in [0.4, 0.5) is 0 Å². The topological polar surface area (TPSA) is 57.5 Å². The molecule has 1 aliphatic carbocycles. The smallest absolute Gasteiger partial charge is 0.193 e. The number of ketones is 1. The van der Waals surface area contributed by atoms with E-state index in [9.17, 15) is 4.79 Å². The normalized spacial score (nSPS) is 13.1. The maximum atomic E-state index is 12.8. The van der Waals surface area contributed by atoms with Crippen molar-refractivity contribution in [3.63, 3.8) is 0 Å². The molecular weight excluding hydrogens is 276 g/mol. The van der Waals surface area contributed by atoms with Crippen LogP contribution in [0, 0.1) is 0 Å². The minimum atomic E-state index is -1.24. The molecule has 0 aromatic heterocycles. The summed E-state index contributed by atoms with van der Waals surface area (Å²) in [7, 11) is 0. The van der Waals surface area contributed by atoms with Gasteiger partial charge in [-0.1, -0.05) is 42.5 Å². The molecule has 0 atom stereocenters. The summed E-state index contributed by atoms with van der Waals surface area (Å²) in [4.78, 5) is 12.8. The highest BCUT2D eigenvalue weighted by molar-refractivity contribution is 6.13. The summed E-state index contributed by atoms with van der Waals surface area (Å²) in [5.74, 6) is 0.120. The Labute approximate surface area is 130 Å². The molecule has 0 amide bonds. The summed E-state index contributed by atoms with van der Waals surface area (Å²) in [5, 5.41) is 17.8. The van der Waals surface area contributed by atoms with Crippen molar-refractivity contribution in [3.05, 3.63) is 70.3 Å². The summed E-state index contributed by atoms with van der Waals surface area (Å²) in [6.45, 7) is 0. The van der Waals surface area contributed by atoms with E-state index in [0.717, 1.165) is 53.5 Å². The molecule has 114 valence electrons. The lowest BCUT2D eigenvalue weighted by Gasteiger charge is -2.21. The number of rotatable bonds is 5. The molecule has 3 nitrogen and oxygen atoms in total. The number of benzene rings is 2. The molecule has 0 fully saturated rings. The third-order valence-electron chi connectivity index (χ3n) is 4.27. The SMILES string of the molecule is O=C1c2ccccc2Cc2cccc(CCCCC(O)O)c21. The molecule has 0 saturated carbocycles. The van der Waals surface area contributed by atoms with Gasteiger partial charge < -0.3 is 10.2 Å². The average molecular weight is 296 g/mol. The summed E-state index contributed by atoms with van der Waals surface area (Å²) in [6, 6.07) is 13.9. The summed E-state index contributed by atoms with van der Waals surface area (Å²) in [6.07, 6.45) is 2.34. The van der Waals surface area contributed by atoms with Crippen molar-refractivity contribution in [2.45, 2.75) is 38.4 Å². The molecule has 0 saturated heterocycles. The molecule has 2 N–H and O–H groups in total. The number of fused-ring (bicyclic) bond motifs is 2. The minimum absolute atomic E-state index is 0.120. The van der Waals surface area contributed by atoms with Crippen LogP contribution in [-0.4, -0.2) is 22.3 Å². The number of hydrogen-bond donors (Lipinski definition) is 2. The predicted molar refractivity (Wildman–Crippen MR) is 84.9 cm³/mol.